The zero-order valence-corrected chi connectivity index (χ0v) is 13.6. The molecule has 0 bridgehead atoms. The molecule has 0 saturated heterocycles. The molecule has 1 aromatic carbocycles. The van der Waals surface area contributed by atoms with Crippen LogP contribution in [0.3, 0.4) is 0 Å². The lowest BCUT2D eigenvalue weighted by molar-refractivity contribution is 0.157. The summed E-state index contributed by atoms with van der Waals surface area (Å²) in [5.41, 5.74) is 7.19. The van der Waals surface area contributed by atoms with Crippen molar-refractivity contribution in [3.8, 4) is 0 Å². The molecule has 102 valence electrons. The number of nitrogens with zero attached hydrogens (tertiary/aromatic N) is 1. The molecular weight excluding hydrogens is 312 g/mol. The van der Waals surface area contributed by atoms with Gasteiger partial charge in [-0.15, -0.1) is 0 Å². The predicted molar refractivity (Wildman–Crippen MR) is 83.1 cm³/mol. The van der Waals surface area contributed by atoms with Crippen LogP contribution in [-0.2, 0) is 0 Å². The van der Waals surface area contributed by atoms with Crippen LogP contribution in [0.15, 0.2) is 22.7 Å². The minimum absolute atomic E-state index is 0.249. The van der Waals surface area contributed by atoms with Gasteiger partial charge in [0.05, 0.1) is 5.02 Å². The first-order valence-electron chi connectivity index (χ1n) is 6.42. The second-order valence-electron chi connectivity index (χ2n) is 4.76. The Kier molecular flexibility index (Phi) is 6.64. The lowest BCUT2D eigenvalue weighted by Crippen LogP contribution is -2.39. The third-order valence-corrected chi connectivity index (χ3v) is 4.31. The van der Waals surface area contributed by atoms with Crippen molar-refractivity contribution in [1.29, 1.82) is 0 Å². The molecule has 1 aromatic rings. The molecule has 0 saturated carbocycles. The van der Waals surface area contributed by atoms with Crippen LogP contribution >= 0.6 is 27.5 Å². The topological polar surface area (TPSA) is 29.3 Å². The molecule has 2 N–H and O–H groups in total. The Morgan fingerprint density at radius 3 is 2.50 bits per heavy atom. The Labute approximate surface area is 124 Å². The van der Waals surface area contributed by atoms with Gasteiger partial charge in [-0.2, -0.15) is 0 Å². The van der Waals surface area contributed by atoms with Gasteiger partial charge in [-0.25, -0.2) is 0 Å². The van der Waals surface area contributed by atoms with Gasteiger partial charge >= 0.3 is 0 Å². The third kappa shape index (κ3) is 3.95. The number of benzene rings is 1. The fourth-order valence-corrected chi connectivity index (χ4v) is 2.73. The van der Waals surface area contributed by atoms with E-state index in [1.165, 1.54) is 5.56 Å². The summed E-state index contributed by atoms with van der Waals surface area (Å²) in [5, 5.41) is 0.737. The molecule has 0 spiro atoms. The number of hydrogen-bond acceptors (Lipinski definition) is 2. The fraction of sp³-hybridized carbons (Fsp3) is 0.571. The van der Waals surface area contributed by atoms with Crippen LogP contribution < -0.4 is 5.73 Å². The van der Waals surface area contributed by atoms with Crippen LogP contribution in [0.1, 0.15) is 38.8 Å². The van der Waals surface area contributed by atoms with Crippen molar-refractivity contribution in [1.82, 2.24) is 4.90 Å². The summed E-state index contributed by atoms with van der Waals surface area (Å²) in [6.45, 7) is 8.29. The van der Waals surface area contributed by atoms with Crippen molar-refractivity contribution in [2.24, 2.45) is 5.73 Å². The molecule has 0 aliphatic carbocycles. The van der Waals surface area contributed by atoms with Gasteiger partial charge < -0.3 is 5.73 Å². The molecule has 0 aliphatic rings. The highest BCUT2D eigenvalue weighted by molar-refractivity contribution is 9.10. The molecule has 4 heteroatoms. The van der Waals surface area contributed by atoms with E-state index in [9.17, 15) is 0 Å². The van der Waals surface area contributed by atoms with E-state index >= 15 is 0 Å². The maximum absolute atomic E-state index is 6.04. The van der Waals surface area contributed by atoms with Crippen LogP contribution in [0.5, 0.6) is 0 Å². The van der Waals surface area contributed by atoms with Gasteiger partial charge in [-0.3, -0.25) is 4.90 Å². The van der Waals surface area contributed by atoms with Gasteiger partial charge in [0.1, 0.15) is 0 Å². The first kappa shape index (κ1) is 16.0. The summed E-state index contributed by atoms with van der Waals surface area (Å²) < 4.78 is 0.931. The smallest absolute Gasteiger partial charge is 0.0548 e. The Hall–Kier alpha value is -0.0900. The quantitative estimate of drug-likeness (QED) is 0.844. The van der Waals surface area contributed by atoms with Crippen molar-refractivity contribution in [3.63, 3.8) is 0 Å². The predicted octanol–water partition coefficient (Wildman–Crippen LogP) is 4.22. The number of hydrogen-bond donors (Lipinski definition) is 1. The molecule has 1 unspecified atom stereocenters. The minimum atomic E-state index is 0.249. The lowest BCUT2D eigenvalue weighted by atomic mass is 10.0. The lowest BCUT2D eigenvalue weighted by Gasteiger charge is -2.34. The highest BCUT2D eigenvalue weighted by Crippen LogP contribution is 2.29. The van der Waals surface area contributed by atoms with Crippen molar-refractivity contribution >= 4 is 27.5 Å². The molecule has 1 rings (SSSR count). The van der Waals surface area contributed by atoms with Crippen LogP contribution in [0.4, 0.5) is 0 Å². The van der Waals surface area contributed by atoms with Gasteiger partial charge in [-0.05, 0) is 60.4 Å². The highest BCUT2D eigenvalue weighted by atomic mass is 79.9. The van der Waals surface area contributed by atoms with E-state index in [0.29, 0.717) is 12.6 Å². The largest absolute Gasteiger partial charge is 0.329 e. The molecule has 0 heterocycles. The van der Waals surface area contributed by atoms with Gasteiger partial charge in [0, 0.05) is 23.1 Å². The summed E-state index contributed by atoms with van der Waals surface area (Å²) in [5.74, 6) is 0. The maximum Gasteiger partial charge on any atom is 0.0548 e. The summed E-state index contributed by atoms with van der Waals surface area (Å²) >= 11 is 9.52. The van der Waals surface area contributed by atoms with Gasteiger partial charge in [0.2, 0.25) is 0 Å². The average molecular weight is 334 g/mol. The van der Waals surface area contributed by atoms with Crippen LogP contribution in [0, 0.1) is 0 Å². The van der Waals surface area contributed by atoms with Crippen LogP contribution in [0.2, 0.25) is 5.02 Å². The second-order valence-corrected chi connectivity index (χ2v) is 6.02. The van der Waals surface area contributed by atoms with Crippen molar-refractivity contribution in [2.75, 3.05) is 13.1 Å². The minimum Gasteiger partial charge on any atom is -0.329 e. The van der Waals surface area contributed by atoms with Crippen LogP contribution in [0.25, 0.3) is 0 Å². The van der Waals surface area contributed by atoms with Gasteiger partial charge in [-0.1, -0.05) is 24.6 Å². The zero-order chi connectivity index (χ0) is 13.7. The summed E-state index contributed by atoms with van der Waals surface area (Å²) in [7, 11) is 0. The second kappa shape index (κ2) is 7.49. The fourth-order valence-electron chi connectivity index (χ4n) is 2.21. The van der Waals surface area contributed by atoms with E-state index in [0.717, 1.165) is 22.5 Å². The summed E-state index contributed by atoms with van der Waals surface area (Å²) in [6, 6.07) is 6.79. The molecule has 0 amide bonds. The highest BCUT2D eigenvalue weighted by Gasteiger charge is 2.21. The molecule has 2 nitrogen and oxygen atoms in total. The average Bonchev–Trinajstić information content (AvgIpc) is 2.33. The molecule has 0 fully saturated rings. The first-order valence-corrected chi connectivity index (χ1v) is 7.59. The van der Waals surface area contributed by atoms with E-state index in [-0.39, 0.29) is 6.04 Å². The van der Waals surface area contributed by atoms with Gasteiger partial charge in [0.25, 0.3) is 0 Å². The van der Waals surface area contributed by atoms with E-state index in [1.54, 1.807) is 0 Å². The molecule has 0 aromatic heterocycles. The molecular formula is C14H22BrClN2. The maximum atomic E-state index is 6.04. The molecule has 0 radical (unpaired) electrons. The SMILES string of the molecule is CCCN(C(C)C)C(CN)c1ccc(Cl)c(Br)c1. The summed E-state index contributed by atoms with van der Waals surface area (Å²) in [6.07, 6.45) is 1.13. The molecule has 0 aliphatic heterocycles. The Bertz CT molecular complexity index is 382. The third-order valence-electron chi connectivity index (χ3n) is 3.10. The number of rotatable bonds is 6. The first-order chi connectivity index (χ1) is 8.51. The summed E-state index contributed by atoms with van der Waals surface area (Å²) in [4.78, 5) is 2.44. The van der Waals surface area contributed by atoms with Gasteiger partial charge in [0.15, 0.2) is 0 Å². The van der Waals surface area contributed by atoms with E-state index in [2.05, 4.69) is 53.7 Å². The van der Waals surface area contributed by atoms with Crippen molar-refractivity contribution in [2.45, 2.75) is 39.3 Å². The number of halogens is 2. The zero-order valence-electron chi connectivity index (χ0n) is 11.3. The standard InChI is InChI=1S/C14H22BrClN2/c1-4-7-18(10(2)3)14(9-17)11-5-6-13(16)12(15)8-11/h5-6,8,10,14H,4,7,9,17H2,1-3H3. The van der Waals surface area contributed by atoms with Crippen LogP contribution in [-0.4, -0.2) is 24.0 Å². The Morgan fingerprint density at radius 2 is 2.06 bits per heavy atom. The molecule has 18 heavy (non-hydrogen) atoms. The normalized spacial score (nSPS) is 13.3. The van der Waals surface area contributed by atoms with Crippen molar-refractivity contribution < 1.29 is 0 Å². The monoisotopic (exact) mass is 332 g/mol. The number of nitrogens with two attached hydrogens (primary N) is 1. The van der Waals surface area contributed by atoms with E-state index in [1.807, 2.05) is 6.07 Å². The van der Waals surface area contributed by atoms with E-state index < -0.39 is 0 Å². The van der Waals surface area contributed by atoms with Crippen molar-refractivity contribution in [3.05, 3.63) is 33.3 Å². The Morgan fingerprint density at radius 1 is 1.39 bits per heavy atom. The Balaban J connectivity index is 3.02. The molecule has 1 atom stereocenters. The van der Waals surface area contributed by atoms with E-state index in [4.69, 9.17) is 17.3 Å².